The van der Waals surface area contributed by atoms with Crippen molar-refractivity contribution in [2.45, 2.75) is 52.4 Å². The molecular formula is C21H30O2. The van der Waals surface area contributed by atoms with E-state index >= 15 is 0 Å². The van der Waals surface area contributed by atoms with E-state index in [1.165, 1.54) is 0 Å². The molecule has 1 N–H and O–H groups in total. The first-order chi connectivity index (χ1) is 11.2. The van der Waals surface area contributed by atoms with Crippen LogP contribution in [0.15, 0.2) is 72.4 Å². The third-order valence-electron chi connectivity index (χ3n) is 3.04. The molecule has 0 aromatic heterocycles. The monoisotopic (exact) mass is 314 g/mol. The fraction of sp³-hybridized carbons (Fsp3) is 0.381. The van der Waals surface area contributed by atoms with Crippen LogP contribution >= 0.6 is 0 Å². The van der Waals surface area contributed by atoms with Gasteiger partial charge in [0.1, 0.15) is 0 Å². The Morgan fingerprint density at radius 1 is 0.783 bits per heavy atom. The lowest BCUT2D eigenvalue weighted by molar-refractivity contribution is -0.132. The summed E-state index contributed by atoms with van der Waals surface area (Å²) in [5.41, 5.74) is 0.359. The van der Waals surface area contributed by atoms with Crippen LogP contribution in [0, 0.1) is 0 Å². The molecule has 0 aliphatic carbocycles. The predicted molar refractivity (Wildman–Crippen MR) is 100 cm³/mol. The van der Waals surface area contributed by atoms with Gasteiger partial charge >= 0.3 is 5.97 Å². The highest BCUT2D eigenvalue weighted by Gasteiger charge is 1.95. The summed E-state index contributed by atoms with van der Waals surface area (Å²) >= 11 is 0. The average molecular weight is 314 g/mol. The zero-order valence-corrected chi connectivity index (χ0v) is 14.4. The number of carbonyl (C=O) groups is 1. The van der Waals surface area contributed by atoms with Crippen molar-refractivity contribution in [3.8, 4) is 0 Å². The molecule has 0 aliphatic heterocycles. The number of carboxylic acid groups (broad SMARTS) is 1. The van der Waals surface area contributed by atoms with E-state index in [4.69, 9.17) is 5.11 Å². The SMILES string of the molecule is CCC=CCC=CCC=CCC=CCCC=CC=C(C)C(=O)O. The molecule has 2 nitrogen and oxygen atoms in total. The number of hydrogen-bond donors (Lipinski definition) is 1. The van der Waals surface area contributed by atoms with E-state index in [-0.39, 0.29) is 0 Å². The zero-order valence-electron chi connectivity index (χ0n) is 14.4. The van der Waals surface area contributed by atoms with E-state index in [0.29, 0.717) is 5.57 Å². The van der Waals surface area contributed by atoms with Crippen LogP contribution in [-0.4, -0.2) is 11.1 Å². The Labute approximate surface area is 141 Å². The van der Waals surface area contributed by atoms with Crippen LogP contribution in [0.4, 0.5) is 0 Å². The normalized spacial score (nSPS) is 13.6. The topological polar surface area (TPSA) is 37.3 Å². The second kappa shape index (κ2) is 16.3. The minimum atomic E-state index is -0.867. The second-order valence-electron chi connectivity index (χ2n) is 5.16. The molecule has 23 heavy (non-hydrogen) atoms. The molecule has 0 bridgehead atoms. The van der Waals surface area contributed by atoms with Crippen LogP contribution in [-0.2, 0) is 4.79 Å². The summed E-state index contributed by atoms with van der Waals surface area (Å²) in [5.74, 6) is -0.867. The molecule has 126 valence electrons. The van der Waals surface area contributed by atoms with E-state index in [2.05, 4.69) is 55.5 Å². The van der Waals surface area contributed by atoms with E-state index in [1.807, 2.05) is 6.08 Å². The summed E-state index contributed by atoms with van der Waals surface area (Å²) < 4.78 is 0. The van der Waals surface area contributed by atoms with Crippen LogP contribution in [0.1, 0.15) is 52.4 Å². The fourth-order valence-corrected chi connectivity index (χ4v) is 1.67. The van der Waals surface area contributed by atoms with Crippen LogP contribution in [0.25, 0.3) is 0 Å². The van der Waals surface area contributed by atoms with Gasteiger partial charge in [-0.25, -0.2) is 4.79 Å². The molecule has 0 aromatic rings. The Morgan fingerprint density at radius 2 is 1.26 bits per heavy atom. The van der Waals surface area contributed by atoms with Gasteiger partial charge in [-0.15, -0.1) is 0 Å². The van der Waals surface area contributed by atoms with Crippen molar-refractivity contribution in [1.82, 2.24) is 0 Å². The van der Waals surface area contributed by atoms with Gasteiger partial charge in [-0.05, 0) is 45.4 Å². The van der Waals surface area contributed by atoms with Crippen LogP contribution in [0.3, 0.4) is 0 Å². The van der Waals surface area contributed by atoms with Gasteiger partial charge in [-0.2, -0.15) is 0 Å². The van der Waals surface area contributed by atoms with Gasteiger partial charge < -0.3 is 5.11 Å². The summed E-state index contributed by atoms with van der Waals surface area (Å²) in [6, 6.07) is 0. The smallest absolute Gasteiger partial charge is 0.331 e. The number of aliphatic carboxylic acids is 1. The standard InChI is InChI=1S/C21H30O2/c1-3-4-5-6-7-8-9-10-11-12-13-14-15-16-17-18-19-20(2)21(22)23/h4-5,7-8,10-11,13-14,17-19H,3,6,9,12,15-16H2,1-2H3,(H,22,23). The van der Waals surface area contributed by atoms with Gasteiger partial charge in [0.15, 0.2) is 0 Å². The van der Waals surface area contributed by atoms with E-state index < -0.39 is 5.97 Å². The molecular weight excluding hydrogens is 284 g/mol. The molecule has 0 radical (unpaired) electrons. The summed E-state index contributed by atoms with van der Waals surface area (Å²) in [5, 5.41) is 8.68. The molecule has 0 aliphatic rings. The first-order valence-electron chi connectivity index (χ1n) is 8.35. The van der Waals surface area contributed by atoms with Gasteiger partial charge in [0.2, 0.25) is 0 Å². The van der Waals surface area contributed by atoms with E-state index in [0.717, 1.165) is 38.5 Å². The van der Waals surface area contributed by atoms with E-state index in [9.17, 15) is 4.79 Å². The summed E-state index contributed by atoms with van der Waals surface area (Å²) in [6.07, 6.45) is 28.9. The molecule has 0 saturated heterocycles. The third-order valence-corrected chi connectivity index (χ3v) is 3.04. The summed E-state index contributed by atoms with van der Waals surface area (Å²) in [6.45, 7) is 3.74. The molecule has 0 spiro atoms. The van der Waals surface area contributed by atoms with Crippen molar-refractivity contribution in [3.05, 3.63) is 72.4 Å². The quantitative estimate of drug-likeness (QED) is 0.203. The molecule has 0 saturated carbocycles. The Hall–Kier alpha value is -2.09. The lowest BCUT2D eigenvalue weighted by Gasteiger charge is -1.89. The summed E-state index contributed by atoms with van der Waals surface area (Å²) in [7, 11) is 0. The average Bonchev–Trinajstić information content (AvgIpc) is 2.54. The zero-order chi connectivity index (χ0) is 17.2. The highest BCUT2D eigenvalue weighted by molar-refractivity contribution is 5.86. The lowest BCUT2D eigenvalue weighted by atomic mass is 10.2. The van der Waals surface area contributed by atoms with Gasteiger partial charge in [0.05, 0.1) is 0 Å². The lowest BCUT2D eigenvalue weighted by Crippen LogP contribution is -1.94. The maximum absolute atomic E-state index is 10.6. The van der Waals surface area contributed by atoms with Crippen LogP contribution < -0.4 is 0 Å². The van der Waals surface area contributed by atoms with E-state index in [1.54, 1.807) is 19.1 Å². The Kier molecular flexibility index (Phi) is 14.8. The molecule has 0 rings (SSSR count). The third kappa shape index (κ3) is 16.1. The first-order valence-corrected chi connectivity index (χ1v) is 8.35. The molecule has 0 atom stereocenters. The number of carboxylic acids is 1. The molecule has 0 heterocycles. The molecule has 0 unspecified atom stereocenters. The molecule has 2 heteroatoms. The first kappa shape index (κ1) is 20.9. The minimum absolute atomic E-state index is 0.359. The number of unbranched alkanes of at least 4 members (excludes halogenated alkanes) is 1. The van der Waals surface area contributed by atoms with Crippen LogP contribution in [0.2, 0.25) is 0 Å². The number of hydrogen-bond acceptors (Lipinski definition) is 1. The van der Waals surface area contributed by atoms with Crippen molar-refractivity contribution >= 4 is 5.97 Å². The predicted octanol–water partition coefficient (Wildman–Crippen LogP) is 6.16. The van der Waals surface area contributed by atoms with Crippen molar-refractivity contribution in [2.24, 2.45) is 0 Å². The van der Waals surface area contributed by atoms with Gasteiger partial charge in [0.25, 0.3) is 0 Å². The van der Waals surface area contributed by atoms with Crippen molar-refractivity contribution in [1.29, 1.82) is 0 Å². The Morgan fingerprint density at radius 3 is 1.78 bits per heavy atom. The second-order valence-corrected chi connectivity index (χ2v) is 5.16. The highest BCUT2D eigenvalue weighted by atomic mass is 16.4. The Bertz CT molecular complexity index is 474. The molecule has 0 aromatic carbocycles. The summed E-state index contributed by atoms with van der Waals surface area (Å²) in [4.78, 5) is 10.6. The van der Waals surface area contributed by atoms with Gasteiger partial charge in [-0.1, -0.05) is 73.8 Å². The number of rotatable bonds is 12. The fourth-order valence-electron chi connectivity index (χ4n) is 1.67. The molecule has 0 amide bonds. The van der Waals surface area contributed by atoms with Crippen LogP contribution in [0.5, 0.6) is 0 Å². The Balaban J connectivity index is 3.62. The highest BCUT2D eigenvalue weighted by Crippen LogP contribution is 1.99. The largest absolute Gasteiger partial charge is 0.478 e. The minimum Gasteiger partial charge on any atom is -0.478 e. The van der Waals surface area contributed by atoms with Crippen molar-refractivity contribution in [3.63, 3.8) is 0 Å². The maximum atomic E-state index is 10.6. The van der Waals surface area contributed by atoms with Gasteiger partial charge in [0, 0.05) is 5.57 Å². The van der Waals surface area contributed by atoms with Gasteiger partial charge in [-0.3, -0.25) is 0 Å². The number of allylic oxidation sites excluding steroid dienone is 11. The van der Waals surface area contributed by atoms with Crippen molar-refractivity contribution < 1.29 is 9.90 Å². The maximum Gasteiger partial charge on any atom is 0.331 e. The van der Waals surface area contributed by atoms with Crippen molar-refractivity contribution in [2.75, 3.05) is 0 Å². The molecule has 0 fully saturated rings.